The third-order valence-electron chi connectivity index (χ3n) is 2.68. The molecule has 0 fully saturated rings. The van der Waals surface area contributed by atoms with Crippen LogP contribution in [0.3, 0.4) is 0 Å². The Labute approximate surface area is 77.2 Å². The van der Waals surface area contributed by atoms with Crippen molar-refractivity contribution in [1.82, 2.24) is 5.32 Å². The average molecular weight is 169 g/mol. The van der Waals surface area contributed by atoms with Crippen LogP contribution in [0.1, 0.15) is 40.0 Å². The molecule has 1 heteroatoms. The van der Waals surface area contributed by atoms with Gasteiger partial charge in [0.1, 0.15) is 0 Å². The number of allylic oxidation sites excluding steroid dienone is 2. The molecule has 12 heavy (non-hydrogen) atoms. The zero-order chi connectivity index (χ0) is 9.45. The quantitative estimate of drug-likeness (QED) is 0.603. The molecule has 1 unspecified atom stereocenters. The average Bonchev–Trinajstić information content (AvgIpc) is 2.11. The molecule has 0 aromatic carbocycles. The first-order valence-corrected chi connectivity index (χ1v) is 4.94. The highest BCUT2D eigenvalue weighted by molar-refractivity contribution is 4.86. The van der Waals surface area contributed by atoms with Gasteiger partial charge in [-0.25, -0.2) is 0 Å². The molecule has 0 spiro atoms. The smallest absolute Gasteiger partial charge is 0.00466 e. The van der Waals surface area contributed by atoms with Crippen LogP contribution in [-0.2, 0) is 0 Å². The van der Waals surface area contributed by atoms with Crippen molar-refractivity contribution in [3.63, 3.8) is 0 Å². The van der Waals surface area contributed by atoms with Crippen molar-refractivity contribution in [2.24, 2.45) is 5.41 Å². The van der Waals surface area contributed by atoms with Crippen LogP contribution in [0.4, 0.5) is 0 Å². The second kappa shape index (κ2) is 6.24. The van der Waals surface area contributed by atoms with E-state index in [1.807, 2.05) is 7.05 Å². The maximum absolute atomic E-state index is 3.21. The molecule has 0 aromatic heterocycles. The van der Waals surface area contributed by atoms with Crippen molar-refractivity contribution < 1.29 is 0 Å². The van der Waals surface area contributed by atoms with Gasteiger partial charge in [-0.2, -0.15) is 0 Å². The molecule has 0 aromatic rings. The summed E-state index contributed by atoms with van der Waals surface area (Å²) in [7, 11) is 2.02. The molecular weight excluding hydrogens is 146 g/mol. The fourth-order valence-corrected chi connectivity index (χ4v) is 1.25. The van der Waals surface area contributed by atoms with Gasteiger partial charge in [0.25, 0.3) is 0 Å². The van der Waals surface area contributed by atoms with E-state index in [1.165, 1.54) is 19.3 Å². The molecule has 0 saturated carbocycles. The van der Waals surface area contributed by atoms with Crippen LogP contribution < -0.4 is 5.32 Å². The largest absolute Gasteiger partial charge is 0.320 e. The van der Waals surface area contributed by atoms with Gasteiger partial charge in [0.2, 0.25) is 0 Å². The minimum Gasteiger partial charge on any atom is -0.320 e. The van der Waals surface area contributed by atoms with Crippen molar-refractivity contribution >= 4 is 0 Å². The molecule has 72 valence electrons. The highest BCUT2D eigenvalue weighted by Gasteiger charge is 2.18. The Morgan fingerprint density at radius 3 is 2.50 bits per heavy atom. The lowest BCUT2D eigenvalue weighted by molar-refractivity contribution is 0.286. The second-order valence-corrected chi connectivity index (χ2v) is 3.79. The number of rotatable bonds is 6. The SMILES string of the molecule is C/C=C\CC(C)(CC)CCNC. The molecular formula is C11H23N. The zero-order valence-corrected chi connectivity index (χ0v) is 8.98. The number of hydrogen-bond acceptors (Lipinski definition) is 1. The minimum atomic E-state index is 0.496. The molecule has 0 heterocycles. The first-order valence-electron chi connectivity index (χ1n) is 4.94. The summed E-state index contributed by atoms with van der Waals surface area (Å²) in [4.78, 5) is 0. The maximum Gasteiger partial charge on any atom is -0.00466 e. The highest BCUT2D eigenvalue weighted by Crippen LogP contribution is 2.29. The van der Waals surface area contributed by atoms with Gasteiger partial charge in [-0.05, 0) is 38.8 Å². The first kappa shape index (κ1) is 11.7. The van der Waals surface area contributed by atoms with Crippen LogP contribution in [0, 0.1) is 5.41 Å². The fourth-order valence-electron chi connectivity index (χ4n) is 1.25. The van der Waals surface area contributed by atoms with Crippen molar-refractivity contribution in [2.45, 2.75) is 40.0 Å². The van der Waals surface area contributed by atoms with E-state index in [2.05, 4.69) is 38.2 Å². The summed E-state index contributed by atoms with van der Waals surface area (Å²) in [6.45, 7) is 7.86. The van der Waals surface area contributed by atoms with Crippen LogP contribution in [0.15, 0.2) is 12.2 Å². The molecule has 0 rings (SSSR count). The first-order chi connectivity index (χ1) is 5.68. The van der Waals surface area contributed by atoms with Gasteiger partial charge in [-0.1, -0.05) is 32.4 Å². The lowest BCUT2D eigenvalue weighted by Crippen LogP contribution is -2.21. The van der Waals surface area contributed by atoms with E-state index in [-0.39, 0.29) is 0 Å². The van der Waals surface area contributed by atoms with E-state index in [9.17, 15) is 0 Å². The van der Waals surface area contributed by atoms with Crippen molar-refractivity contribution in [3.8, 4) is 0 Å². The van der Waals surface area contributed by atoms with E-state index >= 15 is 0 Å². The molecule has 0 aliphatic carbocycles. The Bertz CT molecular complexity index is 129. The second-order valence-electron chi connectivity index (χ2n) is 3.79. The van der Waals surface area contributed by atoms with Gasteiger partial charge < -0.3 is 5.32 Å². The van der Waals surface area contributed by atoms with Crippen LogP contribution in [0.25, 0.3) is 0 Å². The third-order valence-corrected chi connectivity index (χ3v) is 2.68. The normalized spacial score (nSPS) is 16.7. The van der Waals surface area contributed by atoms with Crippen LogP contribution in [-0.4, -0.2) is 13.6 Å². The molecule has 0 aliphatic heterocycles. The summed E-state index contributed by atoms with van der Waals surface area (Å²) in [5.41, 5.74) is 0.496. The fraction of sp³-hybridized carbons (Fsp3) is 0.818. The standard InChI is InChI=1S/C11H23N/c1-5-7-8-11(3,6-2)9-10-12-4/h5,7,12H,6,8-10H2,1-4H3/b7-5-. The molecule has 0 saturated heterocycles. The number of hydrogen-bond donors (Lipinski definition) is 1. The molecule has 0 aliphatic rings. The molecule has 0 radical (unpaired) electrons. The molecule has 0 amide bonds. The molecule has 1 N–H and O–H groups in total. The van der Waals surface area contributed by atoms with Crippen molar-refractivity contribution in [1.29, 1.82) is 0 Å². The predicted octanol–water partition coefficient (Wildman–Crippen LogP) is 2.98. The van der Waals surface area contributed by atoms with E-state index < -0.39 is 0 Å². The summed E-state index contributed by atoms with van der Waals surface area (Å²) >= 11 is 0. The Kier molecular flexibility index (Phi) is 6.09. The Balaban J connectivity index is 3.86. The summed E-state index contributed by atoms with van der Waals surface area (Å²) in [5, 5.41) is 3.21. The summed E-state index contributed by atoms with van der Waals surface area (Å²) in [5.74, 6) is 0. The van der Waals surface area contributed by atoms with Crippen molar-refractivity contribution in [2.75, 3.05) is 13.6 Å². The monoisotopic (exact) mass is 169 g/mol. The van der Waals surface area contributed by atoms with E-state index in [4.69, 9.17) is 0 Å². The molecule has 0 bridgehead atoms. The Morgan fingerprint density at radius 1 is 1.42 bits per heavy atom. The van der Waals surface area contributed by atoms with Crippen LogP contribution in [0.2, 0.25) is 0 Å². The van der Waals surface area contributed by atoms with Gasteiger partial charge in [0.05, 0.1) is 0 Å². The van der Waals surface area contributed by atoms with E-state index in [1.54, 1.807) is 0 Å². The highest BCUT2D eigenvalue weighted by atomic mass is 14.8. The lowest BCUT2D eigenvalue weighted by Gasteiger charge is -2.26. The van der Waals surface area contributed by atoms with E-state index in [0.717, 1.165) is 6.54 Å². The minimum absolute atomic E-state index is 0.496. The maximum atomic E-state index is 3.21. The van der Waals surface area contributed by atoms with Gasteiger partial charge in [-0.3, -0.25) is 0 Å². The van der Waals surface area contributed by atoms with Gasteiger partial charge >= 0.3 is 0 Å². The lowest BCUT2D eigenvalue weighted by atomic mass is 9.81. The van der Waals surface area contributed by atoms with Gasteiger partial charge in [-0.15, -0.1) is 0 Å². The number of nitrogens with one attached hydrogen (secondary N) is 1. The van der Waals surface area contributed by atoms with Gasteiger partial charge in [0, 0.05) is 0 Å². The Morgan fingerprint density at radius 2 is 2.08 bits per heavy atom. The summed E-state index contributed by atoms with van der Waals surface area (Å²) in [6.07, 6.45) is 8.16. The molecule has 1 nitrogen and oxygen atoms in total. The third kappa shape index (κ3) is 4.55. The van der Waals surface area contributed by atoms with Crippen LogP contribution in [0.5, 0.6) is 0 Å². The zero-order valence-electron chi connectivity index (χ0n) is 8.98. The summed E-state index contributed by atoms with van der Waals surface area (Å²) < 4.78 is 0. The van der Waals surface area contributed by atoms with Crippen molar-refractivity contribution in [3.05, 3.63) is 12.2 Å². The van der Waals surface area contributed by atoms with Gasteiger partial charge in [0.15, 0.2) is 0 Å². The predicted molar refractivity (Wildman–Crippen MR) is 56.4 cm³/mol. The summed E-state index contributed by atoms with van der Waals surface area (Å²) in [6, 6.07) is 0. The Hall–Kier alpha value is -0.300. The van der Waals surface area contributed by atoms with E-state index in [0.29, 0.717) is 5.41 Å². The van der Waals surface area contributed by atoms with Crippen LogP contribution >= 0.6 is 0 Å². The topological polar surface area (TPSA) is 12.0 Å². The molecule has 1 atom stereocenters.